The standard InChI is InChI=1S/C47H39ClF10N8O11S2/c1-44(2,79(3,76)77)11-10-24-4-5-25(39(59-24)30(14-21-12-22(49)15-23(50)13-21)60-34(68)19-64-42-37(41(63-64)47(56,57)58)27-16-28(27)46(42,54)55)26-6-7-29(48)38-32(62-65(40(26)38)20-45(51,52)53)18-66(78(74)75)35(69)9-8-33(67)61-31(43(72)73)17-36(70)71/h4-9,12-13,15,27-28,30-31H,14,16-20H2,1-3H3,(H,60,68)(H,61,67)(H,70,71)(H,72,73)(H,74,75)/p-1/b9-8+/t27-,28+,30?,31?/m0/s1. The van der Waals surface area contributed by atoms with Crippen molar-refractivity contribution in [3.05, 3.63) is 111 Å². The van der Waals surface area contributed by atoms with Crippen molar-refractivity contribution in [1.82, 2.24) is 39.5 Å². The largest absolute Gasteiger partial charge is 0.755 e. The van der Waals surface area contributed by atoms with Gasteiger partial charge in [-0.2, -0.15) is 45.3 Å². The van der Waals surface area contributed by atoms with Gasteiger partial charge in [0, 0.05) is 52.5 Å². The molecule has 19 nitrogen and oxygen atoms in total. The van der Waals surface area contributed by atoms with E-state index in [2.05, 4.69) is 32.3 Å². The summed E-state index contributed by atoms with van der Waals surface area (Å²) in [5.74, 6) is -11.8. The molecule has 0 spiro atoms. The topological polar surface area (TPSA) is 276 Å². The molecule has 0 bridgehead atoms. The first-order chi connectivity index (χ1) is 36.5. The molecule has 5 aromatic rings. The van der Waals surface area contributed by atoms with Crippen LogP contribution in [0.3, 0.4) is 0 Å². The molecule has 4 N–H and O–H groups in total. The number of aliphatic carboxylic acids is 2. The Morgan fingerprint density at radius 1 is 0.975 bits per heavy atom. The Kier molecular flexibility index (Phi) is 16.2. The van der Waals surface area contributed by atoms with Gasteiger partial charge in [-0.1, -0.05) is 23.6 Å². The van der Waals surface area contributed by atoms with Gasteiger partial charge in [-0.05, 0) is 74.4 Å². The number of alkyl halides is 8. The van der Waals surface area contributed by atoms with E-state index in [1.807, 2.05) is 0 Å². The number of nitrogens with zero attached hydrogens (tertiary/aromatic N) is 6. The number of rotatable bonds is 18. The molecule has 1 saturated carbocycles. The summed E-state index contributed by atoms with van der Waals surface area (Å²) in [6, 6.07) is 2.49. The van der Waals surface area contributed by atoms with Gasteiger partial charge >= 0.3 is 24.3 Å². The minimum Gasteiger partial charge on any atom is -0.755 e. The summed E-state index contributed by atoms with van der Waals surface area (Å²) in [4.78, 5) is 66.9. The number of fused-ring (bicyclic) bond motifs is 4. The summed E-state index contributed by atoms with van der Waals surface area (Å²) in [5.41, 5.74) is -6.83. The van der Waals surface area contributed by atoms with Crippen molar-refractivity contribution in [2.45, 2.75) is 93.8 Å². The molecule has 422 valence electrons. The van der Waals surface area contributed by atoms with Crippen LogP contribution in [0.15, 0.2) is 54.6 Å². The second-order valence-electron chi connectivity index (χ2n) is 18.6. The average Bonchev–Trinajstić information content (AvgIpc) is 3.17. The van der Waals surface area contributed by atoms with Crippen LogP contribution in [0.1, 0.15) is 78.2 Å². The van der Waals surface area contributed by atoms with Crippen molar-refractivity contribution in [1.29, 1.82) is 0 Å². The van der Waals surface area contributed by atoms with Crippen LogP contribution in [0.2, 0.25) is 5.02 Å². The zero-order valence-electron chi connectivity index (χ0n) is 40.5. The zero-order valence-corrected chi connectivity index (χ0v) is 42.9. The molecule has 5 atom stereocenters. The van der Waals surface area contributed by atoms with Gasteiger partial charge in [0.05, 0.1) is 52.2 Å². The second-order valence-corrected chi connectivity index (χ2v) is 22.4. The number of carbonyl (C=O) groups excluding carboxylic acids is 3. The van der Waals surface area contributed by atoms with E-state index in [0.717, 1.165) is 42.7 Å². The third-order valence-corrected chi connectivity index (χ3v) is 15.4. The van der Waals surface area contributed by atoms with Crippen molar-refractivity contribution in [3.63, 3.8) is 0 Å². The highest BCUT2D eigenvalue weighted by Gasteiger charge is 2.68. The highest BCUT2D eigenvalue weighted by Crippen LogP contribution is 2.68. The van der Waals surface area contributed by atoms with E-state index < -0.39 is 186 Å². The van der Waals surface area contributed by atoms with E-state index in [9.17, 15) is 81.4 Å². The lowest BCUT2D eigenvalue weighted by molar-refractivity contribution is -0.146. The van der Waals surface area contributed by atoms with E-state index in [1.54, 1.807) is 5.32 Å². The first kappa shape index (κ1) is 59.2. The number of benzene rings is 2. The molecule has 2 aromatic carbocycles. The average molecular weight is 1180 g/mol. The monoisotopic (exact) mass is 1180 g/mol. The Morgan fingerprint density at radius 3 is 2.20 bits per heavy atom. The maximum Gasteiger partial charge on any atom is 0.435 e. The highest BCUT2D eigenvalue weighted by atomic mass is 35.5. The number of carbonyl (C=O) groups is 5. The van der Waals surface area contributed by atoms with Crippen molar-refractivity contribution in [3.8, 4) is 23.0 Å². The Hall–Kier alpha value is -7.43. The molecular weight excluding hydrogens is 1140 g/mol. The molecule has 79 heavy (non-hydrogen) atoms. The number of carboxylic acids is 2. The number of amides is 3. The fraction of sp³-hybridized carbons (Fsp3) is 0.362. The summed E-state index contributed by atoms with van der Waals surface area (Å²) >= 11 is 2.96. The van der Waals surface area contributed by atoms with Gasteiger partial charge in [0.15, 0.2) is 15.5 Å². The molecule has 3 amide bonds. The van der Waals surface area contributed by atoms with Crippen LogP contribution in [0.4, 0.5) is 43.9 Å². The molecule has 3 aromatic heterocycles. The Morgan fingerprint density at radius 2 is 1.62 bits per heavy atom. The number of aromatic nitrogens is 5. The van der Waals surface area contributed by atoms with Gasteiger partial charge in [-0.15, -0.1) is 0 Å². The van der Waals surface area contributed by atoms with Crippen LogP contribution in [0.5, 0.6) is 0 Å². The van der Waals surface area contributed by atoms with Gasteiger partial charge in [0.25, 0.3) is 11.8 Å². The van der Waals surface area contributed by atoms with E-state index in [1.165, 1.54) is 13.8 Å². The third kappa shape index (κ3) is 13.0. The third-order valence-electron chi connectivity index (χ3n) is 12.5. The van der Waals surface area contributed by atoms with E-state index >= 15 is 8.78 Å². The van der Waals surface area contributed by atoms with Crippen LogP contribution in [0, 0.1) is 29.4 Å². The SMILES string of the molecule is CC(C)(C#Cc1ccc(-c2ccc(Cl)c3c(CN(C(=O)/C=C/C(=O)NC(CC(=O)O)C(=O)O)S(=O)[O-])nn(CC(F)(F)F)c23)c(C(Cc2cc(F)cc(F)c2)NC(=O)Cn2nc(C(F)(F)F)c3c2C(F)(F)[C@@H]2C[C@H]32)n1)S(C)(=O)=O. The molecular formula is C47H38ClF10N8O11S2-. The number of hydrogen-bond acceptors (Lipinski definition) is 12. The quantitative estimate of drug-likeness (QED) is 0.0338. The van der Waals surface area contributed by atoms with E-state index in [0.29, 0.717) is 12.1 Å². The number of pyridine rings is 1. The minimum atomic E-state index is -5.26. The van der Waals surface area contributed by atoms with Crippen LogP contribution in [-0.4, -0.2) is 109 Å². The smallest absolute Gasteiger partial charge is 0.435 e. The van der Waals surface area contributed by atoms with Gasteiger partial charge in [-0.25, -0.2) is 27.0 Å². The van der Waals surface area contributed by atoms with Gasteiger partial charge in [0.2, 0.25) is 11.8 Å². The summed E-state index contributed by atoms with van der Waals surface area (Å²) in [7, 11) is -3.95. The van der Waals surface area contributed by atoms with Crippen molar-refractivity contribution in [2.75, 3.05) is 6.26 Å². The lowest BCUT2D eigenvalue weighted by Crippen LogP contribution is -2.41. The second kappa shape index (κ2) is 21.7. The number of halogens is 11. The minimum absolute atomic E-state index is 0.0634. The Labute approximate surface area is 446 Å². The van der Waals surface area contributed by atoms with Gasteiger partial charge < -0.3 is 25.4 Å². The molecule has 3 unspecified atom stereocenters. The molecule has 2 aliphatic carbocycles. The number of carboxylic acid groups (broad SMARTS) is 2. The molecule has 0 saturated heterocycles. The fourth-order valence-electron chi connectivity index (χ4n) is 8.63. The molecule has 2 aliphatic rings. The van der Waals surface area contributed by atoms with Crippen LogP contribution < -0.4 is 10.6 Å². The first-order valence-electron chi connectivity index (χ1n) is 22.6. The fourth-order valence-corrected chi connectivity index (χ4v) is 9.56. The van der Waals surface area contributed by atoms with E-state index in [-0.39, 0.29) is 48.5 Å². The predicted octanol–water partition coefficient (Wildman–Crippen LogP) is 6.01. The highest BCUT2D eigenvalue weighted by molar-refractivity contribution is 7.92. The molecule has 32 heteroatoms. The predicted molar refractivity (Wildman–Crippen MR) is 253 cm³/mol. The number of hydrogen-bond donors (Lipinski definition) is 4. The maximum atomic E-state index is 15.6. The van der Waals surface area contributed by atoms with Crippen molar-refractivity contribution >= 4 is 73.3 Å². The lowest BCUT2D eigenvalue weighted by atomic mass is 9.93. The van der Waals surface area contributed by atoms with Crippen LogP contribution in [0.25, 0.3) is 22.0 Å². The molecule has 7 rings (SSSR count). The lowest BCUT2D eigenvalue weighted by Gasteiger charge is -2.23. The molecule has 1 fully saturated rings. The molecule has 0 radical (unpaired) electrons. The summed E-state index contributed by atoms with van der Waals surface area (Å²) in [6.45, 7) is -2.18. The van der Waals surface area contributed by atoms with Crippen molar-refractivity contribution in [2.24, 2.45) is 5.92 Å². The Bertz CT molecular complexity index is 3570. The maximum absolute atomic E-state index is 15.6. The normalized spacial score (nSPS) is 17.1. The summed E-state index contributed by atoms with van der Waals surface area (Å²) in [6.07, 6.45) is -11.1. The van der Waals surface area contributed by atoms with Gasteiger partial charge in [0.1, 0.15) is 46.9 Å². The Balaban J connectivity index is 1.40. The van der Waals surface area contributed by atoms with E-state index in [4.69, 9.17) is 16.7 Å². The van der Waals surface area contributed by atoms with Crippen LogP contribution in [-0.2, 0) is 83.2 Å². The van der Waals surface area contributed by atoms with Gasteiger partial charge in [-0.3, -0.25) is 37.1 Å². The zero-order chi connectivity index (χ0) is 58.6. The first-order valence-corrected chi connectivity index (χ1v) is 25.9. The molecule has 3 heterocycles. The summed E-state index contributed by atoms with van der Waals surface area (Å²) in [5, 5.41) is 28.7. The van der Waals surface area contributed by atoms with Crippen molar-refractivity contribution < 1.29 is 95.3 Å². The number of sulfone groups is 1. The molecule has 0 aliphatic heterocycles. The number of nitrogens with one attached hydrogen (secondary N) is 2. The summed E-state index contributed by atoms with van der Waals surface area (Å²) < 4.78 is 196. The van der Waals surface area contributed by atoms with Crippen LogP contribution >= 0.6 is 11.6 Å².